The first-order chi connectivity index (χ1) is 15.3. The number of rotatable bonds is 4. The van der Waals surface area contributed by atoms with Gasteiger partial charge in [-0.2, -0.15) is 0 Å². The fourth-order valence-corrected chi connectivity index (χ4v) is 3.94. The zero-order chi connectivity index (χ0) is 22.8. The number of fused-ring (bicyclic) bond motifs is 1. The Labute approximate surface area is 183 Å². The first kappa shape index (κ1) is 21.7. The van der Waals surface area contributed by atoms with Crippen molar-refractivity contribution in [2.24, 2.45) is 5.73 Å². The van der Waals surface area contributed by atoms with Gasteiger partial charge < -0.3 is 15.3 Å². The third-order valence-electron chi connectivity index (χ3n) is 5.76. The molecule has 1 amide bonds. The minimum absolute atomic E-state index is 0.214. The number of halogens is 3. The lowest BCUT2D eigenvalue weighted by atomic mass is 9.78. The molecule has 0 bridgehead atoms. The van der Waals surface area contributed by atoms with E-state index in [9.17, 15) is 18.0 Å². The van der Waals surface area contributed by atoms with Gasteiger partial charge in [-0.1, -0.05) is 6.42 Å². The molecule has 32 heavy (non-hydrogen) atoms. The first-order valence-corrected chi connectivity index (χ1v) is 10.4. The molecule has 2 aromatic heterocycles. The molecule has 1 saturated carbocycles. The van der Waals surface area contributed by atoms with Gasteiger partial charge in [-0.3, -0.25) is 4.79 Å². The lowest BCUT2D eigenvalue weighted by Crippen LogP contribution is -2.18. The number of carbonyl (C=O) groups excluding carboxylic acids is 1. The van der Waals surface area contributed by atoms with Gasteiger partial charge in [-0.25, -0.2) is 18.2 Å². The number of H-pyrrole nitrogens is 1. The molecule has 1 fully saturated rings. The Kier molecular flexibility index (Phi) is 6.03. The molecule has 0 radical (unpaired) electrons. The number of aromatic amines is 1. The van der Waals surface area contributed by atoms with Crippen molar-refractivity contribution < 1.29 is 18.0 Å². The number of nitrogens with one attached hydrogen (secondary N) is 1. The molecule has 3 N–H and O–H groups in total. The number of primary amides is 1. The van der Waals surface area contributed by atoms with Crippen LogP contribution in [0.1, 0.15) is 36.6 Å². The van der Waals surface area contributed by atoms with Gasteiger partial charge in [-0.05, 0) is 67.1 Å². The highest BCUT2D eigenvalue weighted by Gasteiger charge is 2.27. The number of nitrogens with zero attached hydrogens (tertiary/aromatic N) is 2. The molecule has 0 saturated heterocycles. The van der Waals surface area contributed by atoms with E-state index in [1.807, 2.05) is 6.92 Å². The maximum absolute atomic E-state index is 14.1. The zero-order valence-electron chi connectivity index (χ0n) is 17.5. The number of aryl methyl sites for hydroxylation is 1. The Morgan fingerprint density at radius 1 is 1.16 bits per heavy atom. The highest BCUT2D eigenvalue weighted by molar-refractivity contribution is 5.92. The molecule has 2 heterocycles. The fourth-order valence-electron chi connectivity index (χ4n) is 3.94. The summed E-state index contributed by atoms with van der Waals surface area (Å²) in [6.07, 6.45) is 6.51. The summed E-state index contributed by atoms with van der Waals surface area (Å²) < 4.78 is 42.5. The summed E-state index contributed by atoms with van der Waals surface area (Å²) in [6, 6.07) is 8.35. The fraction of sp³-hybridized carbons (Fsp3) is 0.250. The van der Waals surface area contributed by atoms with Crippen LogP contribution in [0.4, 0.5) is 13.2 Å². The van der Waals surface area contributed by atoms with Crippen LogP contribution in [0.25, 0.3) is 22.2 Å². The summed E-state index contributed by atoms with van der Waals surface area (Å²) in [6.45, 7) is 2.04. The molecule has 2 aromatic carbocycles. The second-order valence-corrected chi connectivity index (χ2v) is 7.93. The van der Waals surface area contributed by atoms with Crippen molar-refractivity contribution in [3.8, 4) is 11.3 Å². The predicted octanol–water partition coefficient (Wildman–Crippen LogP) is 5.20. The van der Waals surface area contributed by atoms with E-state index in [0.717, 1.165) is 48.0 Å². The second kappa shape index (κ2) is 8.90. The third kappa shape index (κ3) is 4.39. The van der Waals surface area contributed by atoms with Crippen molar-refractivity contribution in [3.05, 3.63) is 77.6 Å². The van der Waals surface area contributed by atoms with Gasteiger partial charge in [0.2, 0.25) is 5.91 Å². The van der Waals surface area contributed by atoms with E-state index in [4.69, 9.17) is 5.73 Å². The van der Waals surface area contributed by atoms with Gasteiger partial charge in [0.15, 0.2) is 0 Å². The number of aromatic nitrogens is 3. The number of hydrogen-bond acceptors (Lipinski definition) is 2. The Balaban J connectivity index is 0.000000207. The smallest absolute Gasteiger partial charge is 0.237 e. The van der Waals surface area contributed by atoms with E-state index < -0.39 is 11.6 Å². The van der Waals surface area contributed by atoms with Crippen molar-refractivity contribution in [1.29, 1.82) is 0 Å². The molecule has 0 unspecified atom stereocenters. The predicted molar refractivity (Wildman–Crippen MR) is 116 cm³/mol. The van der Waals surface area contributed by atoms with Crippen LogP contribution in [0.15, 0.2) is 48.8 Å². The number of hydrogen-bond donors (Lipinski definition) is 2. The Hall–Kier alpha value is -3.55. The Morgan fingerprint density at radius 2 is 1.88 bits per heavy atom. The van der Waals surface area contributed by atoms with E-state index in [1.165, 1.54) is 18.2 Å². The van der Waals surface area contributed by atoms with E-state index in [0.29, 0.717) is 16.8 Å². The normalized spacial score (nSPS) is 13.5. The van der Waals surface area contributed by atoms with Gasteiger partial charge in [-0.15, -0.1) is 0 Å². The number of imidazole rings is 1. The van der Waals surface area contributed by atoms with E-state index >= 15 is 0 Å². The third-order valence-corrected chi connectivity index (χ3v) is 5.76. The quantitative estimate of drug-likeness (QED) is 0.458. The summed E-state index contributed by atoms with van der Waals surface area (Å²) in [5.41, 5.74) is 7.80. The van der Waals surface area contributed by atoms with Crippen molar-refractivity contribution >= 4 is 16.8 Å². The van der Waals surface area contributed by atoms with Gasteiger partial charge in [0, 0.05) is 23.8 Å². The van der Waals surface area contributed by atoms with Gasteiger partial charge >= 0.3 is 0 Å². The highest BCUT2D eigenvalue weighted by atomic mass is 19.1. The van der Waals surface area contributed by atoms with Crippen LogP contribution in [0.3, 0.4) is 0 Å². The lowest BCUT2D eigenvalue weighted by Gasteiger charge is -2.26. The summed E-state index contributed by atoms with van der Waals surface area (Å²) in [5, 5.41) is 0.599. The zero-order valence-corrected chi connectivity index (χ0v) is 17.5. The molecule has 0 aliphatic heterocycles. The van der Waals surface area contributed by atoms with Gasteiger partial charge in [0.05, 0.1) is 11.2 Å². The van der Waals surface area contributed by atoms with Crippen molar-refractivity contribution in [2.45, 2.75) is 38.6 Å². The maximum Gasteiger partial charge on any atom is 0.237 e. The average molecular weight is 440 g/mol. The summed E-state index contributed by atoms with van der Waals surface area (Å²) >= 11 is 0. The standard InChI is InChI=1S/C18H14F3N.C6H9N3O/c19-12-6-4-11(5-7-12)17-16(10-2-1-3-10)14-8-13(20)9-15(21)18(14)22-17;1-5-8-2-3-9(5)4-6(7)10/h4-10,22H,1-3H2;2-3H,4H2,1H3,(H2,7,10). The molecular weight excluding hydrogens is 417 g/mol. The van der Waals surface area contributed by atoms with Crippen molar-refractivity contribution in [3.63, 3.8) is 0 Å². The van der Waals surface area contributed by atoms with Crippen LogP contribution in [0.2, 0.25) is 0 Å². The Bertz CT molecular complexity index is 1260. The number of benzene rings is 2. The van der Waals surface area contributed by atoms with Crippen LogP contribution < -0.4 is 5.73 Å². The van der Waals surface area contributed by atoms with Gasteiger partial charge in [0.25, 0.3) is 0 Å². The summed E-state index contributed by atoms with van der Waals surface area (Å²) in [4.78, 5) is 17.4. The second-order valence-electron chi connectivity index (χ2n) is 7.93. The number of nitrogens with two attached hydrogens (primary N) is 1. The first-order valence-electron chi connectivity index (χ1n) is 10.4. The molecule has 0 spiro atoms. The SMILES string of the molecule is Cc1nccn1CC(N)=O.Fc1ccc(-c2[nH]c3c(F)cc(F)cc3c2C2CCC2)cc1. The number of carbonyl (C=O) groups is 1. The largest absolute Gasteiger partial charge is 0.368 e. The van der Waals surface area contributed by atoms with Crippen LogP contribution in [-0.2, 0) is 11.3 Å². The van der Waals surface area contributed by atoms with Crippen molar-refractivity contribution in [2.75, 3.05) is 0 Å². The molecule has 5 nitrogen and oxygen atoms in total. The topological polar surface area (TPSA) is 76.7 Å². The average Bonchev–Trinajstić information content (AvgIpc) is 3.26. The van der Waals surface area contributed by atoms with Crippen molar-refractivity contribution in [1.82, 2.24) is 14.5 Å². The minimum atomic E-state index is -0.594. The Morgan fingerprint density at radius 3 is 2.44 bits per heavy atom. The minimum Gasteiger partial charge on any atom is -0.368 e. The highest BCUT2D eigenvalue weighted by Crippen LogP contribution is 2.45. The van der Waals surface area contributed by atoms with Crippen LogP contribution in [0.5, 0.6) is 0 Å². The molecule has 0 atom stereocenters. The van der Waals surface area contributed by atoms with Crippen LogP contribution in [0, 0.1) is 24.4 Å². The van der Waals surface area contributed by atoms with E-state index in [-0.39, 0.29) is 18.3 Å². The van der Waals surface area contributed by atoms with E-state index in [1.54, 1.807) is 29.1 Å². The molecule has 166 valence electrons. The monoisotopic (exact) mass is 440 g/mol. The molecule has 1 aliphatic rings. The van der Waals surface area contributed by atoms with Crippen LogP contribution in [-0.4, -0.2) is 20.4 Å². The summed E-state index contributed by atoms with van der Waals surface area (Å²) in [5.74, 6) is -0.726. The van der Waals surface area contributed by atoms with E-state index in [2.05, 4.69) is 9.97 Å². The molecule has 8 heteroatoms. The summed E-state index contributed by atoms with van der Waals surface area (Å²) in [7, 11) is 0. The van der Waals surface area contributed by atoms with Gasteiger partial charge in [0.1, 0.15) is 29.8 Å². The van der Waals surface area contributed by atoms with Crippen LogP contribution >= 0.6 is 0 Å². The molecular formula is C24H23F3N4O. The molecule has 1 aliphatic carbocycles. The number of amides is 1. The molecule has 4 aromatic rings. The maximum atomic E-state index is 14.1. The lowest BCUT2D eigenvalue weighted by molar-refractivity contribution is -0.118. The molecule has 5 rings (SSSR count).